The van der Waals surface area contributed by atoms with Crippen molar-refractivity contribution >= 4 is 11.9 Å². The molecule has 0 atom stereocenters. The first-order chi connectivity index (χ1) is 8.58. The van der Waals surface area contributed by atoms with Gasteiger partial charge in [-0.1, -0.05) is 13.8 Å². The molecule has 5 nitrogen and oxygen atoms in total. The minimum Gasteiger partial charge on any atom is -0.465 e. The summed E-state index contributed by atoms with van der Waals surface area (Å²) >= 11 is 0. The molecule has 0 radical (unpaired) electrons. The second kappa shape index (κ2) is 6.14. The van der Waals surface area contributed by atoms with Crippen LogP contribution in [-0.2, 0) is 22.3 Å². The predicted octanol–water partition coefficient (Wildman–Crippen LogP) is 1.78. The van der Waals surface area contributed by atoms with Crippen molar-refractivity contribution in [3.8, 4) is 0 Å². The lowest BCUT2D eigenvalue weighted by Gasteiger charge is -2.11. The third-order valence-electron chi connectivity index (χ3n) is 2.66. The Kier molecular flexibility index (Phi) is 4.83. The molecule has 1 rings (SSSR count). The van der Waals surface area contributed by atoms with Crippen molar-refractivity contribution < 1.29 is 19.1 Å². The Labute approximate surface area is 106 Å². The zero-order valence-electron chi connectivity index (χ0n) is 11.1. The lowest BCUT2D eigenvalue weighted by atomic mass is 10.0. The van der Waals surface area contributed by atoms with E-state index in [9.17, 15) is 9.59 Å². The number of hydrogen-bond donors (Lipinski definition) is 0. The molecule has 0 aliphatic heterocycles. The largest absolute Gasteiger partial charge is 0.465 e. The third-order valence-corrected chi connectivity index (χ3v) is 2.66. The van der Waals surface area contributed by atoms with Crippen molar-refractivity contribution in [2.24, 2.45) is 0 Å². The van der Waals surface area contributed by atoms with E-state index >= 15 is 0 Å². The van der Waals surface area contributed by atoms with Gasteiger partial charge in [0, 0.05) is 0 Å². The van der Waals surface area contributed by atoms with Crippen LogP contribution in [0.4, 0.5) is 0 Å². The zero-order chi connectivity index (χ0) is 13.7. The maximum absolute atomic E-state index is 11.6. The lowest BCUT2D eigenvalue weighted by molar-refractivity contribution is 0.0596. The maximum atomic E-state index is 11.6. The fourth-order valence-electron chi connectivity index (χ4n) is 1.71. The SMILES string of the molecule is CCc1nc(CC)c(C(=O)OC)cc1C(=O)OC. The molecule has 0 aromatic carbocycles. The van der Waals surface area contributed by atoms with Crippen molar-refractivity contribution in [1.29, 1.82) is 0 Å². The highest BCUT2D eigenvalue weighted by atomic mass is 16.5. The smallest absolute Gasteiger partial charge is 0.339 e. The van der Waals surface area contributed by atoms with Gasteiger partial charge in [-0.2, -0.15) is 0 Å². The molecule has 0 unspecified atom stereocenters. The summed E-state index contributed by atoms with van der Waals surface area (Å²) in [5.74, 6) is -0.987. The van der Waals surface area contributed by atoms with Crippen LogP contribution in [0.15, 0.2) is 6.07 Å². The number of rotatable bonds is 4. The number of pyridine rings is 1. The van der Waals surface area contributed by atoms with Gasteiger partial charge in [0.1, 0.15) is 0 Å². The van der Waals surface area contributed by atoms with Crippen LogP contribution in [0.5, 0.6) is 0 Å². The van der Waals surface area contributed by atoms with Crippen LogP contribution in [0.3, 0.4) is 0 Å². The normalized spacial score (nSPS) is 10.0. The molecule has 1 aromatic heterocycles. The quantitative estimate of drug-likeness (QED) is 0.763. The number of ether oxygens (including phenoxy) is 2. The van der Waals surface area contributed by atoms with E-state index in [2.05, 4.69) is 14.5 Å². The summed E-state index contributed by atoms with van der Waals surface area (Å²) in [6, 6.07) is 1.50. The van der Waals surface area contributed by atoms with Crippen LogP contribution < -0.4 is 0 Å². The number of hydrogen-bond acceptors (Lipinski definition) is 5. The van der Waals surface area contributed by atoms with E-state index in [1.807, 2.05) is 13.8 Å². The average molecular weight is 251 g/mol. The van der Waals surface area contributed by atoms with Gasteiger partial charge in [0.2, 0.25) is 0 Å². The van der Waals surface area contributed by atoms with E-state index in [1.165, 1.54) is 20.3 Å². The molecule has 5 heteroatoms. The number of nitrogens with zero attached hydrogens (tertiary/aromatic N) is 1. The van der Waals surface area contributed by atoms with Gasteiger partial charge in [-0.25, -0.2) is 9.59 Å². The van der Waals surface area contributed by atoms with Gasteiger partial charge in [0.05, 0.1) is 36.7 Å². The van der Waals surface area contributed by atoms with Crippen molar-refractivity contribution in [2.45, 2.75) is 26.7 Å². The Morgan fingerprint density at radius 2 is 1.39 bits per heavy atom. The number of esters is 2. The Bertz CT molecular complexity index is 429. The van der Waals surface area contributed by atoms with Gasteiger partial charge < -0.3 is 9.47 Å². The molecular weight excluding hydrogens is 234 g/mol. The van der Waals surface area contributed by atoms with Crippen molar-refractivity contribution in [1.82, 2.24) is 4.98 Å². The lowest BCUT2D eigenvalue weighted by Crippen LogP contribution is -2.14. The van der Waals surface area contributed by atoms with Crippen molar-refractivity contribution in [3.05, 3.63) is 28.6 Å². The predicted molar refractivity (Wildman–Crippen MR) is 65.7 cm³/mol. The summed E-state index contributed by atoms with van der Waals surface area (Å²) in [4.78, 5) is 27.6. The molecule has 0 saturated heterocycles. The van der Waals surface area contributed by atoms with Gasteiger partial charge >= 0.3 is 11.9 Å². The average Bonchev–Trinajstić information content (AvgIpc) is 2.43. The summed E-state index contributed by atoms with van der Waals surface area (Å²) in [5.41, 5.74) is 1.90. The molecular formula is C13H17NO4. The van der Waals surface area contributed by atoms with E-state index in [1.54, 1.807) is 0 Å². The highest BCUT2D eigenvalue weighted by molar-refractivity contribution is 5.96. The van der Waals surface area contributed by atoms with E-state index in [0.717, 1.165) is 0 Å². The number of carbonyl (C=O) groups excluding carboxylic acids is 2. The molecule has 0 aliphatic rings. The van der Waals surface area contributed by atoms with Crippen LogP contribution in [0.1, 0.15) is 46.0 Å². The second-order valence-electron chi connectivity index (χ2n) is 3.67. The molecule has 1 aromatic rings. The number of aryl methyl sites for hydroxylation is 2. The first-order valence-corrected chi connectivity index (χ1v) is 5.78. The zero-order valence-corrected chi connectivity index (χ0v) is 11.1. The molecule has 0 fully saturated rings. The van der Waals surface area contributed by atoms with Crippen LogP contribution in [0.25, 0.3) is 0 Å². The Morgan fingerprint density at radius 3 is 1.67 bits per heavy atom. The van der Waals surface area contributed by atoms with E-state index < -0.39 is 11.9 Å². The minimum atomic E-state index is -0.493. The Balaban J connectivity index is 3.43. The Morgan fingerprint density at radius 1 is 1.00 bits per heavy atom. The van der Waals surface area contributed by atoms with E-state index in [4.69, 9.17) is 0 Å². The number of carbonyl (C=O) groups is 2. The molecule has 0 amide bonds. The van der Waals surface area contributed by atoms with Crippen LogP contribution in [-0.4, -0.2) is 31.1 Å². The third kappa shape index (κ3) is 2.67. The summed E-state index contributed by atoms with van der Waals surface area (Å²) in [6.45, 7) is 3.79. The fraction of sp³-hybridized carbons (Fsp3) is 0.462. The summed E-state index contributed by atoms with van der Waals surface area (Å²) in [6.07, 6.45) is 1.19. The minimum absolute atomic E-state index is 0.317. The standard InChI is InChI=1S/C13H17NO4/c1-5-10-8(12(15)17-3)7-9(13(16)18-4)11(6-2)14-10/h7H,5-6H2,1-4H3. The highest BCUT2D eigenvalue weighted by Gasteiger charge is 2.20. The Hall–Kier alpha value is -1.91. The van der Waals surface area contributed by atoms with Crippen molar-refractivity contribution in [2.75, 3.05) is 14.2 Å². The number of methoxy groups -OCH3 is 2. The first kappa shape index (κ1) is 14.2. The highest BCUT2D eigenvalue weighted by Crippen LogP contribution is 2.17. The topological polar surface area (TPSA) is 65.5 Å². The molecule has 98 valence electrons. The monoisotopic (exact) mass is 251 g/mol. The van der Waals surface area contributed by atoms with Crippen molar-refractivity contribution in [3.63, 3.8) is 0 Å². The van der Waals surface area contributed by atoms with E-state index in [-0.39, 0.29) is 0 Å². The van der Waals surface area contributed by atoms with Gasteiger partial charge in [-0.15, -0.1) is 0 Å². The van der Waals surface area contributed by atoms with Crippen LogP contribution in [0, 0.1) is 0 Å². The number of aromatic nitrogens is 1. The van der Waals surface area contributed by atoms with Crippen LogP contribution in [0.2, 0.25) is 0 Å². The molecule has 1 heterocycles. The summed E-state index contributed by atoms with van der Waals surface area (Å²) < 4.78 is 9.38. The van der Waals surface area contributed by atoms with Gasteiger partial charge in [-0.3, -0.25) is 4.98 Å². The molecule has 18 heavy (non-hydrogen) atoms. The second-order valence-corrected chi connectivity index (χ2v) is 3.67. The molecule has 0 bridgehead atoms. The molecule has 0 spiro atoms. The molecule has 0 N–H and O–H groups in total. The summed E-state index contributed by atoms with van der Waals surface area (Å²) in [7, 11) is 2.60. The van der Waals surface area contributed by atoms with Crippen LogP contribution >= 0.6 is 0 Å². The van der Waals surface area contributed by atoms with Gasteiger partial charge in [-0.05, 0) is 18.9 Å². The molecule has 0 aliphatic carbocycles. The first-order valence-electron chi connectivity index (χ1n) is 5.78. The van der Waals surface area contributed by atoms with Gasteiger partial charge in [0.25, 0.3) is 0 Å². The van der Waals surface area contributed by atoms with E-state index in [0.29, 0.717) is 35.4 Å². The van der Waals surface area contributed by atoms with Gasteiger partial charge in [0.15, 0.2) is 0 Å². The molecule has 0 saturated carbocycles. The fourth-order valence-corrected chi connectivity index (χ4v) is 1.71. The maximum Gasteiger partial charge on any atom is 0.339 e. The summed E-state index contributed by atoms with van der Waals surface area (Å²) in [5, 5.41) is 0.